The van der Waals surface area contributed by atoms with Crippen LogP contribution in [0.5, 0.6) is 0 Å². The van der Waals surface area contributed by atoms with Crippen LogP contribution < -0.4 is 10.7 Å². The lowest BCUT2D eigenvalue weighted by molar-refractivity contribution is -0.118. The van der Waals surface area contributed by atoms with E-state index >= 15 is 0 Å². The summed E-state index contributed by atoms with van der Waals surface area (Å²) in [7, 11) is 0. The topological polar surface area (TPSA) is 105 Å². The molecule has 26 heavy (non-hydrogen) atoms. The van der Waals surface area contributed by atoms with E-state index in [-0.39, 0.29) is 11.7 Å². The predicted molar refractivity (Wildman–Crippen MR) is 96.4 cm³/mol. The molecule has 1 aliphatic heterocycles. The first-order valence-corrected chi connectivity index (χ1v) is 9.05. The van der Waals surface area contributed by atoms with E-state index in [9.17, 15) is 9.59 Å². The number of aromatic nitrogens is 4. The molecule has 2 aromatic heterocycles. The second-order valence-electron chi connectivity index (χ2n) is 5.81. The number of benzene rings is 1. The van der Waals surface area contributed by atoms with Crippen molar-refractivity contribution >= 4 is 23.6 Å². The molecule has 4 rings (SSSR count). The molecule has 1 aliphatic rings. The number of hydrogen-bond acceptors (Lipinski definition) is 5. The van der Waals surface area contributed by atoms with Crippen molar-refractivity contribution in [3.8, 4) is 0 Å². The third-order valence-electron chi connectivity index (χ3n) is 3.92. The Morgan fingerprint density at radius 3 is 2.92 bits per heavy atom. The molecule has 9 heteroatoms. The Balaban J connectivity index is 1.40. The maximum atomic E-state index is 12.4. The normalized spacial score (nSPS) is 16.5. The van der Waals surface area contributed by atoms with Gasteiger partial charge in [0.15, 0.2) is 0 Å². The minimum absolute atomic E-state index is 0.0950. The van der Waals surface area contributed by atoms with Crippen LogP contribution in [0.4, 0.5) is 0 Å². The van der Waals surface area contributed by atoms with Gasteiger partial charge < -0.3 is 10.3 Å². The molecule has 8 nitrogen and oxygen atoms in total. The smallest absolute Gasteiger partial charge is 0.289 e. The van der Waals surface area contributed by atoms with Gasteiger partial charge in [0, 0.05) is 18.4 Å². The van der Waals surface area contributed by atoms with Crippen LogP contribution in [0.2, 0.25) is 0 Å². The minimum atomic E-state index is -0.657. The number of carbonyl (C=O) groups excluding carboxylic acids is 2. The molecule has 3 aromatic rings. The molecule has 132 valence electrons. The molecule has 0 radical (unpaired) electrons. The standard InChI is InChI=1S/C17H16N6O2S/c24-16-12(10-26-14-7-4-8-23(14)22-16)18-17(25)15-19-13(20-21-15)9-11-5-2-1-3-6-11/h1-8,12H,9-10H2,(H,18,25)(H,22,24)(H,19,20,21). The van der Waals surface area contributed by atoms with Crippen LogP contribution in [-0.2, 0) is 11.2 Å². The van der Waals surface area contributed by atoms with Crippen molar-refractivity contribution in [1.29, 1.82) is 0 Å². The highest BCUT2D eigenvalue weighted by Gasteiger charge is 2.26. The molecule has 0 spiro atoms. The van der Waals surface area contributed by atoms with Crippen LogP contribution in [0, 0.1) is 0 Å². The van der Waals surface area contributed by atoms with Gasteiger partial charge in [-0.3, -0.25) is 19.7 Å². The first kappa shape index (κ1) is 16.4. The molecular formula is C17H16N6O2S. The number of fused-ring (bicyclic) bond motifs is 1. The van der Waals surface area contributed by atoms with Crippen molar-refractivity contribution in [1.82, 2.24) is 25.2 Å². The van der Waals surface area contributed by atoms with E-state index in [2.05, 4.69) is 25.9 Å². The molecule has 0 saturated carbocycles. The van der Waals surface area contributed by atoms with Gasteiger partial charge in [-0.1, -0.05) is 30.3 Å². The minimum Gasteiger partial charge on any atom is -0.337 e. The number of H-pyrrole nitrogens is 1. The van der Waals surface area contributed by atoms with Gasteiger partial charge in [0.25, 0.3) is 11.8 Å². The molecule has 0 bridgehead atoms. The Morgan fingerprint density at radius 1 is 1.23 bits per heavy atom. The number of amides is 2. The lowest BCUT2D eigenvalue weighted by atomic mass is 10.1. The van der Waals surface area contributed by atoms with E-state index in [1.54, 1.807) is 10.9 Å². The average Bonchev–Trinajstić information content (AvgIpc) is 3.26. The summed E-state index contributed by atoms with van der Waals surface area (Å²) < 4.78 is 1.64. The van der Waals surface area contributed by atoms with Crippen LogP contribution in [0.25, 0.3) is 0 Å². The molecule has 1 atom stereocenters. The zero-order valence-electron chi connectivity index (χ0n) is 13.7. The fraction of sp³-hybridized carbons (Fsp3) is 0.176. The van der Waals surface area contributed by atoms with Crippen LogP contribution in [0.3, 0.4) is 0 Å². The van der Waals surface area contributed by atoms with Gasteiger partial charge in [-0.15, -0.1) is 22.0 Å². The summed E-state index contributed by atoms with van der Waals surface area (Å²) in [5.74, 6) is 0.399. The molecule has 1 aromatic carbocycles. The quantitative estimate of drug-likeness (QED) is 0.641. The Bertz CT molecular complexity index is 936. The fourth-order valence-corrected chi connectivity index (χ4v) is 3.61. The van der Waals surface area contributed by atoms with Gasteiger partial charge in [-0.05, 0) is 17.7 Å². The third-order valence-corrected chi connectivity index (χ3v) is 5.05. The number of carbonyl (C=O) groups is 2. The van der Waals surface area contributed by atoms with Gasteiger partial charge in [0.05, 0.1) is 5.03 Å². The summed E-state index contributed by atoms with van der Waals surface area (Å²) in [6.07, 6.45) is 2.31. The molecule has 3 heterocycles. The van der Waals surface area contributed by atoms with E-state index in [4.69, 9.17) is 0 Å². The zero-order valence-corrected chi connectivity index (χ0v) is 14.5. The second-order valence-corrected chi connectivity index (χ2v) is 6.85. The van der Waals surface area contributed by atoms with E-state index < -0.39 is 11.9 Å². The lowest BCUT2D eigenvalue weighted by Gasteiger charge is -2.13. The summed E-state index contributed by atoms with van der Waals surface area (Å²) in [5.41, 5.74) is 3.81. The summed E-state index contributed by atoms with van der Waals surface area (Å²) in [6, 6.07) is 12.9. The van der Waals surface area contributed by atoms with Gasteiger partial charge in [-0.2, -0.15) is 0 Å². The maximum absolute atomic E-state index is 12.4. The third kappa shape index (κ3) is 3.47. The van der Waals surface area contributed by atoms with Crippen molar-refractivity contribution in [2.45, 2.75) is 17.5 Å². The number of aromatic amines is 1. The Morgan fingerprint density at radius 2 is 2.08 bits per heavy atom. The molecule has 0 aliphatic carbocycles. The largest absolute Gasteiger partial charge is 0.337 e. The van der Waals surface area contributed by atoms with Gasteiger partial charge in [-0.25, -0.2) is 0 Å². The average molecular weight is 368 g/mol. The Kier molecular flexibility index (Phi) is 4.44. The van der Waals surface area contributed by atoms with Crippen LogP contribution in [0.1, 0.15) is 22.0 Å². The first-order chi connectivity index (χ1) is 12.7. The first-order valence-electron chi connectivity index (χ1n) is 8.06. The van der Waals surface area contributed by atoms with E-state index in [0.29, 0.717) is 18.0 Å². The molecular weight excluding hydrogens is 352 g/mol. The summed E-state index contributed by atoms with van der Waals surface area (Å²) in [6.45, 7) is 0. The van der Waals surface area contributed by atoms with Crippen molar-refractivity contribution < 1.29 is 9.59 Å². The van der Waals surface area contributed by atoms with Crippen molar-refractivity contribution in [3.05, 3.63) is 65.9 Å². The number of rotatable bonds is 4. The highest BCUT2D eigenvalue weighted by Crippen LogP contribution is 2.21. The highest BCUT2D eigenvalue weighted by atomic mass is 32.2. The Labute approximate surface area is 153 Å². The monoisotopic (exact) mass is 368 g/mol. The van der Waals surface area contributed by atoms with Gasteiger partial charge >= 0.3 is 0 Å². The summed E-state index contributed by atoms with van der Waals surface area (Å²) in [5, 5.41) is 11.5. The summed E-state index contributed by atoms with van der Waals surface area (Å²) in [4.78, 5) is 27.6. The van der Waals surface area contributed by atoms with Gasteiger partial charge in [0.1, 0.15) is 11.9 Å². The van der Waals surface area contributed by atoms with Crippen LogP contribution in [-0.4, -0.2) is 43.5 Å². The fourth-order valence-electron chi connectivity index (χ4n) is 2.62. The van der Waals surface area contributed by atoms with Crippen molar-refractivity contribution in [2.75, 3.05) is 11.2 Å². The van der Waals surface area contributed by atoms with Crippen molar-refractivity contribution in [2.24, 2.45) is 0 Å². The molecule has 3 N–H and O–H groups in total. The molecule has 0 saturated heterocycles. The van der Waals surface area contributed by atoms with Gasteiger partial charge in [0.2, 0.25) is 5.82 Å². The second kappa shape index (κ2) is 7.04. The lowest BCUT2D eigenvalue weighted by Crippen LogP contribution is -2.46. The van der Waals surface area contributed by atoms with Crippen LogP contribution in [0.15, 0.2) is 53.7 Å². The highest BCUT2D eigenvalue weighted by molar-refractivity contribution is 7.99. The number of nitrogens with one attached hydrogen (secondary N) is 3. The summed E-state index contributed by atoms with van der Waals surface area (Å²) >= 11 is 1.49. The molecule has 1 unspecified atom stereocenters. The number of thioether (sulfide) groups is 1. The number of hydrogen-bond donors (Lipinski definition) is 3. The Hall–Kier alpha value is -3.07. The SMILES string of the molecule is O=C(NC1CSc2cccn2NC1=O)c1nnc(Cc2ccccc2)[nH]1. The number of nitrogens with zero attached hydrogens (tertiary/aromatic N) is 3. The van der Waals surface area contributed by atoms with E-state index in [1.807, 2.05) is 42.5 Å². The van der Waals surface area contributed by atoms with E-state index in [1.165, 1.54) is 11.8 Å². The molecule has 0 fully saturated rings. The maximum Gasteiger partial charge on any atom is 0.289 e. The van der Waals surface area contributed by atoms with Crippen LogP contribution >= 0.6 is 11.8 Å². The van der Waals surface area contributed by atoms with E-state index in [0.717, 1.165) is 10.6 Å². The van der Waals surface area contributed by atoms with Crippen molar-refractivity contribution in [3.63, 3.8) is 0 Å². The molecule has 2 amide bonds. The predicted octanol–water partition coefficient (Wildman–Crippen LogP) is 1.17. The zero-order chi connectivity index (χ0) is 17.9.